The van der Waals surface area contributed by atoms with Crippen LogP contribution in [0.5, 0.6) is 5.75 Å². The molecule has 1 rings (SSSR count). The van der Waals surface area contributed by atoms with Crippen LogP contribution in [-0.2, 0) is 4.79 Å². The molecule has 0 aliphatic carbocycles. The number of ether oxygens (including phenoxy) is 1. The van der Waals surface area contributed by atoms with Crippen molar-refractivity contribution in [2.24, 2.45) is 5.92 Å². The third-order valence-electron chi connectivity index (χ3n) is 3.39. The molecule has 1 aromatic carbocycles. The molecule has 3 nitrogen and oxygen atoms in total. The summed E-state index contributed by atoms with van der Waals surface area (Å²) in [5.41, 5.74) is 2.97. The average Bonchev–Trinajstić information content (AvgIpc) is 2.43. The standard InChI is InChI=1S/C19H28O3/c1-6-7-15(11-19(20)21)16-8-9-18(22-12-13(2)3)17(10-16)14(4)5/h8-11,13-14H,6-7,12H2,1-5H3,(H,20,21)/b15-11+. The summed E-state index contributed by atoms with van der Waals surface area (Å²) in [6.07, 6.45) is 3.00. The molecule has 0 spiro atoms. The van der Waals surface area contributed by atoms with Gasteiger partial charge in [0.2, 0.25) is 0 Å². The number of rotatable bonds is 8. The molecule has 0 radical (unpaired) electrons. The highest BCUT2D eigenvalue weighted by molar-refractivity contribution is 5.90. The monoisotopic (exact) mass is 304 g/mol. The Labute approximate surface area is 134 Å². The topological polar surface area (TPSA) is 46.5 Å². The number of hydrogen-bond acceptors (Lipinski definition) is 2. The van der Waals surface area contributed by atoms with Crippen molar-refractivity contribution in [2.75, 3.05) is 6.61 Å². The van der Waals surface area contributed by atoms with Gasteiger partial charge in [0, 0.05) is 6.08 Å². The second-order valence-electron chi connectivity index (χ2n) is 6.37. The number of carboxylic acid groups (broad SMARTS) is 1. The minimum Gasteiger partial charge on any atom is -0.493 e. The molecule has 0 fully saturated rings. The van der Waals surface area contributed by atoms with E-state index in [1.54, 1.807) is 0 Å². The minimum absolute atomic E-state index is 0.329. The Morgan fingerprint density at radius 3 is 2.45 bits per heavy atom. The lowest BCUT2D eigenvalue weighted by atomic mass is 9.94. The number of hydrogen-bond donors (Lipinski definition) is 1. The van der Waals surface area contributed by atoms with Crippen LogP contribution < -0.4 is 4.74 Å². The first-order chi connectivity index (χ1) is 10.3. The molecule has 0 aliphatic rings. The number of carboxylic acids is 1. The van der Waals surface area contributed by atoms with Gasteiger partial charge in [0.15, 0.2) is 0 Å². The molecule has 0 saturated heterocycles. The molecule has 22 heavy (non-hydrogen) atoms. The van der Waals surface area contributed by atoms with Gasteiger partial charge in [0.25, 0.3) is 0 Å². The van der Waals surface area contributed by atoms with Gasteiger partial charge in [-0.3, -0.25) is 0 Å². The number of carbonyl (C=O) groups is 1. The predicted octanol–water partition coefficient (Wildman–Crippen LogP) is 5.11. The van der Waals surface area contributed by atoms with Crippen molar-refractivity contribution in [1.82, 2.24) is 0 Å². The van der Waals surface area contributed by atoms with Gasteiger partial charge in [-0.05, 0) is 47.1 Å². The van der Waals surface area contributed by atoms with Gasteiger partial charge in [-0.1, -0.05) is 47.1 Å². The van der Waals surface area contributed by atoms with Crippen molar-refractivity contribution in [3.63, 3.8) is 0 Å². The zero-order valence-electron chi connectivity index (χ0n) is 14.3. The van der Waals surface area contributed by atoms with Gasteiger partial charge in [-0.15, -0.1) is 0 Å². The van der Waals surface area contributed by atoms with Crippen molar-refractivity contribution in [3.05, 3.63) is 35.4 Å². The summed E-state index contributed by atoms with van der Waals surface area (Å²) >= 11 is 0. The Bertz CT molecular complexity index is 527. The van der Waals surface area contributed by atoms with Gasteiger partial charge in [0.05, 0.1) is 6.61 Å². The molecule has 0 aromatic heterocycles. The summed E-state index contributed by atoms with van der Waals surface area (Å²) in [5, 5.41) is 9.05. The summed E-state index contributed by atoms with van der Waals surface area (Å²) in [5.74, 6) is 0.811. The van der Waals surface area contributed by atoms with Crippen LogP contribution in [-0.4, -0.2) is 17.7 Å². The molecular formula is C19H28O3. The second-order valence-corrected chi connectivity index (χ2v) is 6.37. The van der Waals surface area contributed by atoms with Crippen molar-refractivity contribution in [2.45, 2.75) is 53.4 Å². The summed E-state index contributed by atoms with van der Waals surface area (Å²) in [4.78, 5) is 11.0. The van der Waals surface area contributed by atoms with Crippen LogP contribution in [0.15, 0.2) is 24.3 Å². The van der Waals surface area contributed by atoms with E-state index < -0.39 is 5.97 Å². The third kappa shape index (κ3) is 5.55. The first-order valence-corrected chi connectivity index (χ1v) is 8.05. The van der Waals surface area contributed by atoms with E-state index in [4.69, 9.17) is 9.84 Å². The molecule has 122 valence electrons. The molecule has 1 N–H and O–H groups in total. The van der Waals surface area contributed by atoms with Crippen molar-refractivity contribution in [3.8, 4) is 5.75 Å². The number of allylic oxidation sites excluding steroid dienone is 1. The lowest BCUT2D eigenvalue weighted by molar-refractivity contribution is -0.131. The largest absolute Gasteiger partial charge is 0.493 e. The maximum atomic E-state index is 11.0. The van der Waals surface area contributed by atoms with E-state index in [0.29, 0.717) is 18.4 Å². The first kappa shape index (κ1) is 18.3. The molecule has 0 bridgehead atoms. The highest BCUT2D eigenvalue weighted by atomic mass is 16.5. The second kappa shape index (κ2) is 8.62. The zero-order valence-corrected chi connectivity index (χ0v) is 14.3. The highest BCUT2D eigenvalue weighted by Crippen LogP contribution is 2.31. The van der Waals surface area contributed by atoms with E-state index in [1.165, 1.54) is 6.08 Å². The number of benzene rings is 1. The lowest BCUT2D eigenvalue weighted by Crippen LogP contribution is -2.07. The van der Waals surface area contributed by atoms with Crippen LogP contribution in [0.3, 0.4) is 0 Å². The molecule has 0 unspecified atom stereocenters. The first-order valence-electron chi connectivity index (χ1n) is 8.05. The normalized spacial score (nSPS) is 12.0. The lowest BCUT2D eigenvalue weighted by Gasteiger charge is -2.17. The molecule has 0 saturated carbocycles. The Balaban J connectivity index is 3.17. The van der Waals surface area contributed by atoms with Gasteiger partial charge < -0.3 is 9.84 Å². The van der Waals surface area contributed by atoms with Crippen LogP contribution in [0.25, 0.3) is 5.57 Å². The molecule has 0 amide bonds. The van der Waals surface area contributed by atoms with Crippen LogP contribution in [0.2, 0.25) is 0 Å². The number of aliphatic carboxylic acids is 1. The van der Waals surface area contributed by atoms with Crippen molar-refractivity contribution < 1.29 is 14.6 Å². The maximum absolute atomic E-state index is 11.0. The molecule has 0 atom stereocenters. The fourth-order valence-electron chi connectivity index (χ4n) is 2.31. The predicted molar refractivity (Wildman–Crippen MR) is 91.4 cm³/mol. The molecule has 0 aliphatic heterocycles. The molecule has 3 heteroatoms. The summed E-state index contributed by atoms with van der Waals surface area (Å²) in [6, 6.07) is 6.01. The van der Waals surface area contributed by atoms with Gasteiger partial charge >= 0.3 is 5.97 Å². The van der Waals surface area contributed by atoms with Crippen LogP contribution >= 0.6 is 0 Å². The quantitative estimate of drug-likeness (QED) is 0.679. The van der Waals surface area contributed by atoms with E-state index in [-0.39, 0.29) is 0 Å². The highest BCUT2D eigenvalue weighted by Gasteiger charge is 2.12. The molecular weight excluding hydrogens is 276 g/mol. The van der Waals surface area contributed by atoms with Crippen LogP contribution in [0.1, 0.15) is 64.5 Å². The fourth-order valence-corrected chi connectivity index (χ4v) is 2.31. The fraction of sp³-hybridized carbons (Fsp3) is 0.526. The van der Waals surface area contributed by atoms with E-state index in [1.807, 2.05) is 12.1 Å². The Morgan fingerprint density at radius 1 is 1.27 bits per heavy atom. The zero-order chi connectivity index (χ0) is 16.7. The summed E-state index contributed by atoms with van der Waals surface area (Å²) in [6.45, 7) is 11.2. The van der Waals surface area contributed by atoms with E-state index in [2.05, 4.69) is 40.7 Å². The van der Waals surface area contributed by atoms with Crippen LogP contribution in [0, 0.1) is 5.92 Å². The molecule has 1 aromatic rings. The van der Waals surface area contributed by atoms with Gasteiger partial charge in [-0.25, -0.2) is 4.79 Å². The average molecular weight is 304 g/mol. The van der Waals surface area contributed by atoms with Crippen LogP contribution in [0.4, 0.5) is 0 Å². The Morgan fingerprint density at radius 2 is 1.95 bits per heavy atom. The van der Waals surface area contributed by atoms with E-state index >= 15 is 0 Å². The van der Waals surface area contributed by atoms with E-state index in [9.17, 15) is 4.79 Å². The minimum atomic E-state index is -0.894. The van der Waals surface area contributed by atoms with Crippen molar-refractivity contribution >= 4 is 11.5 Å². The Hall–Kier alpha value is -1.77. The van der Waals surface area contributed by atoms with Gasteiger partial charge in [-0.2, -0.15) is 0 Å². The SMILES string of the molecule is CCC/C(=C\C(=O)O)c1ccc(OCC(C)C)c(C(C)C)c1. The smallest absolute Gasteiger partial charge is 0.328 e. The van der Waals surface area contributed by atoms with Gasteiger partial charge in [0.1, 0.15) is 5.75 Å². The van der Waals surface area contributed by atoms with E-state index in [0.717, 1.165) is 35.3 Å². The molecule has 0 heterocycles. The van der Waals surface area contributed by atoms with Crippen molar-refractivity contribution in [1.29, 1.82) is 0 Å². The maximum Gasteiger partial charge on any atom is 0.328 e. The third-order valence-corrected chi connectivity index (χ3v) is 3.39. The summed E-state index contributed by atoms with van der Waals surface area (Å²) < 4.78 is 5.90. The summed E-state index contributed by atoms with van der Waals surface area (Å²) in [7, 11) is 0. The Kier molecular flexibility index (Phi) is 7.16.